The summed E-state index contributed by atoms with van der Waals surface area (Å²) in [4.78, 5) is 17.8. The molecule has 1 amide bonds. The van der Waals surface area contributed by atoms with E-state index in [9.17, 15) is 18.7 Å². The molecule has 1 saturated carbocycles. The van der Waals surface area contributed by atoms with E-state index in [4.69, 9.17) is 16.4 Å². The Morgan fingerprint density at radius 2 is 2.07 bits per heavy atom. The van der Waals surface area contributed by atoms with Crippen molar-refractivity contribution in [1.82, 2.24) is 5.48 Å². The van der Waals surface area contributed by atoms with E-state index in [0.29, 0.717) is 5.69 Å². The average Bonchev–Trinajstić information content (AvgIpc) is 3.49. The second-order valence-electron chi connectivity index (χ2n) is 6.60. The van der Waals surface area contributed by atoms with Crippen molar-refractivity contribution in [3.8, 4) is 0 Å². The smallest absolute Gasteiger partial charge is 0.277 e. The van der Waals surface area contributed by atoms with E-state index in [1.165, 1.54) is 0 Å². The topological polar surface area (TPSA) is 70.6 Å². The molecule has 5 nitrogen and oxygen atoms in total. The Morgan fingerprint density at radius 3 is 2.68 bits per heavy atom. The first-order chi connectivity index (χ1) is 13.3. The van der Waals surface area contributed by atoms with Crippen molar-refractivity contribution >= 4 is 51.5 Å². The predicted octanol–water partition coefficient (Wildman–Crippen LogP) is 4.71. The van der Waals surface area contributed by atoms with E-state index in [2.05, 4.69) is 33.4 Å². The van der Waals surface area contributed by atoms with E-state index in [1.807, 2.05) is 6.07 Å². The van der Waals surface area contributed by atoms with Crippen molar-refractivity contribution in [1.29, 1.82) is 0 Å². The first kappa shape index (κ1) is 21.2. The number of hydrogen-bond acceptors (Lipinski definition) is 4. The summed E-state index contributed by atoms with van der Waals surface area (Å²) in [6.07, 6.45) is 1.26. The molecule has 1 unspecified atom stereocenters. The minimum atomic E-state index is -1.27. The third-order valence-electron chi connectivity index (χ3n) is 4.49. The molecule has 3 N–H and O–H groups in total. The summed E-state index contributed by atoms with van der Waals surface area (Å²) in [7, 11) is 0. The van der Waals surface area contributed by atoms with E-state index in [1.54, 1.807) is 19.1 Å². The number of carbonyl (C=O) groups is 1. The Balaban J connectivity index is 1.89. The van der Waals surface area contributed by atoms with Crippen molar-refractivity contribution < 1.29 is 23.5 Å². The van der Waals surface area contributed by atoms with Gasteiger partial charge >= 0.3 is 0 Å². The maximum absolute atomic E-state index is 14.6. The van der Waals surface area contributed by atoms with Gasteiger partial charge in [0.1, 0.15) is 6.10 Å². The normalized spacial score (nSPS) is 14.6. The Hall–Kier alpha value is -1.49. The highest BCUT2D eigenvalue weighted by Gasteiger charge is 2.33. The van der Waals surface area contributed by atoms with Gasteiger partial charge in [-0.1, -0.05) is 11.6 Å². The van der Waals surface area contributed by atoms with Crippen LogP contribution in [0, 0.1) is 28.0 Å². The highest BCUT2D eigenvalue weighted by atomic mass is 127. The maximum atomic E-state index is 14.6. The third kappa shape index (κ3) is 4.73. The van der Waals surface area contributed by atoms with Gasteiger partial charge in [-0.2, -0.15) is 0 Å². The fraction of sp³-hybridized carbons (Fsp3) is 0.316. The predicted molar refractivity (Wildman–Crippen MR) is 111 cm³/mol. The molecule has 1 atom stereocenters. The summed E-state index contributed by atoms with van der Waals surface area (Å²) < 4.78 is 29.6. The number of halogens is 4. The van der Waals surface area contributed by atoms with Gasteiger partial charge in [0.2, 0.25) is 0 Å². The van der Waals surface area contributed by atoms with E-state index >= 15 is 0 Å². The molecule has 0 saturated heterocycles. The fourth-order valence-electron chi connectivity index (χ4n) is 2.73. The molecule has 2 aromatic carbocycles. The molecule has 0 radical (unpaired) electrons. The lowest BCUT2D eigenvalue weighted by Gasteiger charge is -2.18. The van der Waals surface area contributed by atoms with Crippen LogP contribution in [0.3, 0.4) is 0 Å². The van der Waals surface area contributed by atoms with Crippen LogP contribution in [-0.2, 0) is 4.84 Å². The van der Waals surface area contributed by atoms with Gasteiger partial charge in [0.15, 0.2) is 11.6 Å². The van der Waals surface area contributed by atoms with Crippen LogP contribution in [0.5, 0.6) is 0 Å². The zero-order valence-corrected chi connectivity index (χ0v) is 17.8. The first-order valence-electron chi connectivity index (χ1n) is 8.59. The quantitative estimate of drug-likeness (QED) is 0.280. The number of amides is 1. The molecular weight excluding hydrogens is 505 g/mol. The minimum Gasteiger partial charge on any atom is -0.394 e. The Bertz CT molecular complexity index is 909. The number of benzene rings is 2. The average molecular weight is 523 g/mol. The molecule has 0 aliphatic heterocycles. The van der Waals surface area contributed by atoms with Crippen LogP contribution in [0.4, 0.5) is 20.2 Å². The van der Waals surface area contributed by atoms with Crippen LogP contribution in [0.1, 0.15) is 28.8 Å². The zero-order chi connectivity index (χ0) is 20.4. The monoisotopic (exact) mass is 522 g/mol. The van der Waals surface area contributed by atoms with Crippen molar-refractivity contribution in [3.05, 3.63) is 55.6 Å². The number of hydroxylamine groups is 1. The molecule has 150 valence electrons. The van der Waals surface area contributed by atoms with Gasteiger partial charge < -0.3 is 10.4 Å². The highest BCUT2D eigenvalue weighted by Crippen LogP contribution is 2.34. The molecule has 9 heteroatoms. The lowest BCUT2D eigenvalue weighted by Crippen LogP contribution is -2.33. The van der Waals surface area contributed by atoms with E-state index < -0.39 is 28.7 Å². The maximum Gasteiger partial charge on any atom is 0.277 e. The minimum absolute atomic E-state index is 0.172. The molecule has 1 fully saturated rings. The van der Waals surface area contributed by atoms with E-state index in [0.717, 1.165) is 28.0 Å². The highest BCUT2D eigenvalue weighted by molar-refractivity contribution is 14.1. The summed E-state index contributed by atoms with van der Waals surface area (Å²) >= 11 is 7.87. The fourth-order valence-corrected chi connectivity index (χ4v) is 3.57. The summed E-state index contributed by atoms with van der Waals surface area (Å²) in [6, 6.07) is 6.39. The zero-order valence-electron chi connectivity index (χ0n) is 14.9. The lowest BCUT2D eigenvalue weighted by atomic mass is 10.1. The van der Waals surface area contributed by atoms with Crippen LogP contribution < -0.4 is 10.8 Å². The van der Waals surface area contributed by atoms with Gasteiger partial charge in [-0.15, -0.1) is 0 Å². The van der Waals surface area contributed by atoms with Crippen LogP contribution >= 0.6 is 34.2 Å². The van der Waals surface area contributed by atoms with Crippen LogP contribution in [0.2, 0.25) is 5.02 Å². The molecule has 3 rings (SSSR count). The second-order valence-corrected chi connectivity index (χ2v) is 8.25. The second kappa shape index (κ2) is 8.89. The standard InChI is InChI=1S/C19H18ClF2IN2O3/c1-9-6-11(23)4-5-14(9)24-18-12(7-13(20)16(21)17(18)22)19(27)25-28-15(8-26)10-2-3-10/h4-7,10,15,24,26H,2-3,8H2,1H3,(H,25,27). The number of carbonyl (C=O) groups excluding carboxylic acids is 1. The number of aryl methyl sites for hydroxylation is 1. The molecular formula is C19H18ClF2IN2O3. The number of anilines is 2. The van der Waals surface area contributed by atoms with E-state index in [-0.39, 0.29) is 23.8 Å². The number of aliphatic hydroxyl groups excluding tert-OH is 1. The first-order valence-corrected chi connectivity index (χ1v) is 10.0. The summed E-state index contributed by atoms with van der Waals surface area (Å²) in [5, 5.41) is 11.6. The molecule has 28 heavy (non-hydrogen) atoms. The number of rotatable bonds is 7. The van der Waals surface area contributed by atoms with Gasteiger partial charge in [-0.25, -0.2) is 14.3 Å². The van der Waals surface area contributed by atoms with Crippen LogP contribution in [-0.4, -0.2) is 23.7 Å². The number of hydrogen-bond donors (Lipinski definition) is 3. The number of nitrogens with one attached hydrogen (secondary N) is 2. The van der Waals surface area contributed by atoms with Crippen molar-refractivity contribution in [2.45, 2.75) is 25.9 Å². The summed E-state index contributed by atoms with van der Waals surface area (Å²) in [5.41, 5.74) is 2.95. The molecule has 0 bridgehead atoms. The van der Waals surface area contributed by atoms with Gasteiger partial charge in [0, 0.05) is 9.26 Å². The Morgan fingerprint density at radius 1 is 1.36 bits per heavy atom. The van der Waals surface area contributed by atoms with Gasteiger partial charge in [-0.05, 0) is 78.1 Å². The van der Waals surface area contributed by atoms with Gasteiger partial charge in [0.25, 0.3) is 5.91 Å². The Labute approximate surface area is 179 Å². The van der Waals surface area contributed by atoms with Gasteiger partial charge in [0.05, 0.1) is 22.9 Å². The SMILES string of the molecule is Cc1cc(I)ccc1Nc1c(C(=O)NOC(CO)C2CC2)cc(Cl)c(F)c1F. The molecule has 0 spiro atoms. The number of aliphatic hydroxyl groups is 1. The lowest BCUT2D eigenvalue weighted by molar-refractivity contribution is -0.0497. The van der Waals surface area contributed by atoms with Crippen LogP contribution in [0.15, 0.2) is 24.3 Å². The molecule has 2 aromatic rings. The molecule has 0 heterocycles. The van der Waals surface area contributed by atoms with Crippen molar-refractivity contribution in [3.63, 3.8) is 0 Å². The summed E-state index contributed by atoms with van der Waals surface area (Å²) in [6.45, 7) is 1.55. The molecule has 1 aliphatic carbocycles. The Kier molecular flexibility index (Phi) is 6.74. The van der Waals surface area contributed by atoms with Crippen molar-refractivity contribution in [2.75, 3.05) is 11.9 Å². The molecule has 0 aromatic heterocycles. The van der Waals surface area contributed by atoms with Crippen molar-refractivity contribution in [2.24, 2.45) is 5.92 Å². The molecule has 1 aliphatic rings. The largest absolute Gasteiger partial charge is 0.394 e. The third-order valence-corrected chi connectivity index (χ3v) is 5.43. The van der Waals surface area contributed by atoms with Crippen LogP contribution in [0.25, 0.3) is 0 Å². The van der Waals surface area contributed by atoms with Gasteiger partial charge in [-0.3, -0.25) is 9.63 Å². The summed E-state index contributed by atoms with van der Waals surface area (Å²) in [5.74, 6) is -3.15.